The molecule has 0 radical (unpaired) electrons. The quantitative estimate of drug-likeness (QED) is 0.132. The molecule has 0 aliphatic rings. The van der Waals surface area contributed by atoms with Crippen LogP contribution < -0.4 is 0 Å². The smallest absolute Gasteiger partial charge is 0.215 e. The summed E-state index contributed by atoms with van der Waals surface area (Å²) in [5.74, 6) is 3.06. The predicted molar refractivity (Wildman–Crippen MR) is 129 cm³/mol. The van der Waals surface area contributed by atoms with Gasteiger partial charge in [0, 0.05) is 15.6 Å². The second-order valence-corrected chi connectivity index (χ2v) is 11.3. The number of hydrogen-bond acceptors (Lipinski definition) is 4. The summed E-state index contributed by atoms with van der Waals surface area (Å²) in [4.78, 5) is 0. The highest BCUT2D eigenvalue weighted by Crippen LogP contribution is 2.24. The van der Waals surface area contributed by atoms with E-state index in [1.807, 2.05) is 18.2 Å². The van der Waals surface area contributed by atoms with Crippen molar-refractivity contribution in [3.05, 3.63) is 33.8 Å². The molecule has 0 saturated carbocycles. The molecule has 1 unspecified atom stereocenters. The number of benzene rings is 1. The van der Waals surface area contributed by atoms with Crippen LogP contribution >= 0.6 is 23.2 Å². The fourth-order valence-electron chi connectivity index (χ4n) is 3.03. The Morgan fingerprint density at radius 3 is 1.90 bits per heavy atom. The van der Waals surface area contributed by atoms with Gasteiger partial charge >= 0.3 is 0 Å². The van der Waals surface area contributed by atoms with Crippen molar-refractivity contribution in [2.24, 2.45) is 0 Å². The maximum absolute atomic E-state index is 9.34. The second-order valence-electron chi connectivity index (χ2n) is 7.23. The van der Waals surface area contributed by atoms with E-state index in [-0.39, 0.29) is 17.5 Å². The Kier molecular flexibility index (Phi) is 18.5. The number of rotatable bonds is 15. The van der Waals surface area contributed by atoms with E-state index in [9.17, 15) is 5.11 Å². The Balaban J connectivity index is 0.00000150. The minimum Gasteiger partial charge on any atom is -0.726 e. The summed E-state index contributed by atoms with van der Waals surface area (Å²) in [7, 11) is -4.70. The molecule has 0 spiro atoms. The maximum atomic E-state index is 9.34. The van der Waals surface area contributed by atoms with Crippen LogP contribution in [0.1, 0.15) is 76.7 Å². The SMILES string of the molecule is CCCCCCCCCCCC[S+](CCO)Cc1ccc(Cl)cc1Cl.O=S(=O)([O-])O. The molecule has 1 rings (SSSR count). The number of aliphatic hydroxyl groups is 1. The number of halogens is 2. The van der Waals surface area contributed by atoms with Crippen molar-refractivity contribution in [2.45, 2.75) is 76.9 Å². The zero-order chi connectivity index (χ0) is 22.8. The summed E-state index contributed by atoms with van der Waals surface area (Å²) in [6.07, 6.45) is 13.7. The lowest BCUT2D eigenvalue weighted by Crippen LogP contribution is -2.17. The van der Waals surface area contributed by atoms with E-state index in [0.29, 0.717) is 5.02 Å². The van der Waals surface area contributed by atoms with Gasteiger partial charge in [-0.1, -0.05) is 87.6 Å². The zero-order valence-electron chi connectivity index (χ0n) is 17.8. The van der Waals surface area contributed by atoms with E-state index < -0.39 is 10.4 Å². The lowest BCUT2D eigenvalue weighted by atomic mass is 10.1. The van der Waals surface area contributed by atoms with Gasteiger partial charge in [0.25, 0.3) is 0 Å². The van der Waals surface area contributed by atoms with E-state index in [2.05, 4.69) is 6.92 Å². The van der Waals surface area contributed by atoms with Crippen LogP contribution in [0.4, 0.5) is 0 Å². The zero-order valence-corrected chi connectivity index (χ0v) is 21.0. The Morgan fingerprint density at radius 2 is 1.43 bits per heavy atom. The Labute approximate surface area is 195 Å². The third-order valence-electron chi connectivity index (χ3n) is 4.54. The summed E-state index contributed by atoms with van der Waals surface area (Å²) in [6, 6.07) is 5.75. The van der Waals surface area contributed by atoms with E-state index in [4.69, 9.17) is 40.7 Å². The van der Waals surface area contributed by atoms with Crippen LogP contribution in [0.2, 0.25) is 10.0 Å². The van der Waals surface area contributed by atoms with Crippen molar-refractivity contribution in [3.8, 4) is 0 Å². The molecule has 0 heterocycles. The topological polar surface area (TPSA) is 97.7 Å². The van der Waals surface area contributed by atoms with Crippen molar-refractivity contribution in [1.29, 1.82) is 0 Å². The molecule has 0 aliphatic heterocycles. The highest BCUT2D eigenvalue weighted by Gasteiger charge is 2.19. The predicted octanol–water partition coefficient (Wildman–Crippen LogP) is 6.03. The molecular formula is C21H36Cl2O5S2. The maximum Gasteiger partial charge on any atom is 0.215 e. The van der Waals surface area contributed by atoms with Crippen LogP contribution in [0, 0.1) is 0 Å². The van der Waals surface area contributed by atoms with Gasteiger partial charge in [0.2, 0.25) is 10.4 Å². The molecule has 9 heteroatoms. The lowest BCUT2D eigenvalue weighted by Gasteiger charge is -2.10. The first-order valence-corrected chi connectivity index (χ1v) is 14.4. The van der Waals surface area contributed by atoms with Crippen LogP contribution in [0.5, 0.6) is 0 Å². The minimum atomic E-state index is -4.92. The molecule has 0 fully saturated rings. The van der Waals surface area contributed by atoms with E-state index in [0.717, 1.165) is 22.1 Å². The fraction of sp³-hybridized carbons (Fsp3) is 0.714. The molecule has 0 saturated heterocycles. The Hall–Kier alpha value is -0.0200. The third kappa shape index (κ3) is 19.9. The summed E-state index contributed by atoms with van der Waals surface area (Å²) in [5, 5.41) is 10.8. The Bertz CT molecular complexity index is 649. The van der Waals surface area contributed by atoms with Crippen LogP contribution in [0.15, 0.2) is 18.2 Å². The van der Waals surface area contributed by atoms with Gasteiger partial charge < -0.3 is 9.66 Å². The Morgan fingerprint density at radius 1 is 0.933 bits per heavy atom. The van der Waals surface area contributed by atoms with Gasteiger partial charge in [0.15, 0.2) is 0 Å². The van der Waals surface area contributed by atoms with Crippen molar-refractivity contribution in [3.63, 3.8) is 0 Å². The van der Waals surface area contributed by atoms with Gasteiger partial charge in [-0.15, -0.1) is 0 Å². The molecule has 5 nitrogen and oxygen atoms in total. The molecule has 176 valence electrons. The molecule has 1 atom stereocenters. The largest absolute Gasteiger partial charge is 0.726 e. The molecule has 0 aliphatic carbocycles. The first-order valence-electron chi connectivity index (χ1n) is 10.5. The van der Waals surface area contributed by atoms with Crippen molar-refractivity contribution in [2.75, 3.05) is 18.1 Å². The average Bonchev–Trinajstić information content (AvgIpc) is 2.64. The van der Waals surface area contributed by atoms with Crippen LogP contribution in [0.3, 0.4) is 0 Å². The van der Waals surface area contributed by atoms with Crippen molar-refractivity contribution >= 4 is 44.5 Å². The van der Waals surface area contributed by atoms with Crippen molar-refractivity contribution in [1.82, 2.24) is 0 Å². The van der Waals surface area contributed by atoms with E-state index in [1.165, 1.54) is 70.0 Å². The van der Waals surface area contributed by atoms with Gasteiger partial charge in [0.05, 0.1) is 6.61 Å². The monoisotopic (exact) mass is 502 g/mol. The average molecular weight is 504 g/mol. The van der Waals surface area contributed by atoms with E-state index in [1.54, 1.807) is 0 Å². The summed E-state index contributed by atoms with van der Waals surface area (Å²) in [5.41, 5.74) is 1.16. The van der Waals surface area contributed by atoms with Crippen LogP contribution in [-0.2, 0) is 27.0 Å². The molecule has 1 aromatic carbocycles. The first kappa shape index (κ1) is 30.0. The van der Waals surface area contributed by atoms with E-state index >= 15 is 0 Å². The molecule has 0 amide bonds. The van der Waals surface area contributed by atoms with Gasteiger partial charge in [-0.25, -0.2) is 8.42 Å². The molecule has 0 aromatic heterocycles. The normalized spacial score (nSPS) is 12.3. The molecular weight excluding hydrogens is 467 g/mol. The van der Waals surface area contributed by atoms with Gasteiger partial charge in [-0.2, -0.15) is 0 Å². The van der Waals surface area contributed by atoms with Gasteiger partial charge in [-0.05, 0) is 35.9 Å². The summed E-state index contributed by atoms with van der Waals surface area (Å²) < 4.78 is 32.8. The number of unbranched alkanes of at least 4 members (excludes halogenated alkanes) is 9. The van der Waals surface area contributed by atoms with Crippen LogP contribution in [0.25, 0.3) is 0 Å². The summed E-state index contributed by atoms with van der Waals surface area (Å²) >= 11 is 12.3. The molecule has 0 bridgehead atoms. The highest BCUT2D eigenvalue weighted by atomic mass is 35.5. The van der Waals surface area contributed by atoms with Crippen LogP contribution in [-0.4, -0.2) is 40.7 Å². The molecule has 30 heavy (non-hydrogen) atoms. The van der Waals surface area contributed by atoms with Gasteiger partial charge in [0.1, 0.15) is 17.3 Å². The fourth-order valence-corrected chi connectivity index (χ4v) is 5.64. The highest BCUT2D eigenvalue weighted by molar-refractivity contribution is 7.96. The second kappa shape index (κ2) is 18.5. The standard InChI is InChI=1S/C21H35Cl2OS.H2O4S/c1-2-3-4-5-6-7-8-9-10-11-15-25(16-14-24)18-19-12-13-20(22)17-21(19)23;1-5(2,3)4/h12-13,17,24H,2-11,14-16,18H2,1H3;(H2,1,2,3,4)/q+1;/p-1. The first-order chi connectivity index (χ1) is 14.2. The minimum absolute atomic E-state index is 0.217. The van der Waals surface area contributed by atoms with Gasteiger partial charge in [-0.3, -0.25) is 4.55 Å². The van der Waals surface area contributed by atoms with Crippen molar-refractivity contribution < 1.29 is 22.6 Å². The summed E-state index contributed by atoms with van der Waals surface area (Å²) in [6.45, 7) is 2.54. The number of hydrogen-bond donors (Lipinski definition) is 2. The number of aliphatic hydroxyl groups excluding tert-OH is 1. The molecule has 2 N–H and O–H groups in total. The third-order valence-corrected chi connectivity index (χ3v) is 7.47. The lowest BCUT2D eigenvalue weighted by molar-refractivity contribution is 0.322. The molecule has 1 aromatic rings.